The maximum absolute atomic E-state index is 5.15. The summed E-state index contributed by atoms with van der Waals surface area (Å²) in [6.07, 6.45) is 1.84. The van der Waals surface area contributed by atoms with Crippen LogP contribution in [0.2, 0.25) is 0 Å². The minimum absolute atomic E-state index is 0.730. The van der Waals surface area contributed by atoms with Crippen molar-refractivity contribution in [3.63, 3.8) is 0 Å². The van der Waals surface area contributed by atoms with Crippen LogP contribution in [0.5, 0.6) is 5.75 Å². The van der Waals surface area contributed by atoms with Gasteiger partial charge in [-0.3, -0.25) is 0 Å². The fourth-order valence-electron chi connectivity index (χ4n) is 1.49. The number of H-pyrrole nitrogens is 1. The number of nitrogens with zero attached hydrogens (tertiary/aromatic N) is 1. The van der Waals surface area contributed by atoms with Gasteiger partial charge in [-0.05, 0) is 19.1 Å². The first-order valence-corrected chi connectivity index (χ1v) is 5.16. The number of ether oxygens (including phenoxy) is 1. The number of anilines is 1. The number of nitrogens with one attached hydrogen (secondary N) is 2. The van der Waals surface area contributed by atoms with E-state index >= 15 is 0 Å². The molecule has 0 radical (unpaired) electrons. The summed E-state index contributed by atoms with van der Waals surface area (Å²) < 4.78 is 5.15. The monoisotopic (exact) mass is 217 g/mol. The van der Waals surface area contributed by atoms with E-state index in [-0.39, 0.29) is 0 Å². The molecule has 0 saturated carbocycles. The molecule has 0 aliphatic heterocycles. The molecule has 0 aliphatic carbocycles. The van der Waals surface area contributed by atoms with E-state index in [1.54, 1.807) is 7.11 Å². The Hall–Kier alpha value is -1.97. The van der Waals surface area contributed by atoms with Gasteiger partial charge < -0.3 is 15.0 Å². The van der Waals surface area contributed by atoms with Crippen molar-refractivity contribution in [1.29, 1.82) is 0 Å². The molecule has 0 amide bonds. The van der Waals surface area contributed by atoms with Crippen molar-refractivity contribution in [1.82, 2.24) is 9.97 Å². The molecule has 0 bridgehead atoms. The first-order chi connectivity index (χ1) is 7.78. The van der Waals surface area contributed by atoms with Crippen LogP contribution in [-0.4, -0.2) is 17.1 Å². The van der Waals surface area contributed by atoms with E-state index in [9.17, 15) is 0 Å². The van der Waals surface area contributed by atoms with Crippen LogP contribution >= 0.6 is 0 Å². The molecule has 2 N–H and O–H groups in total. The second-order valence-electron chi connectivity index (χ2n) is 3.58. The maximum Gasteiger partial charge on any atom is 0.120 e. The average Bonchev–Trinajstić information content (AvgIpc) is 2.73. The lowest BCUT2D eigenvalue weighted by Gasteiger charge is -2.06. The number of hydrogen-bond acceptors (Lipinski definition) is 3. The molecule has 0 saturated heterocycles. The number of aromatic amines is 1. The fourth-order valence-corrected chi connectivity index (χ4v) is 1.49. The van der Waals surface area contributed by atoms with E-state index < -0.39 is 0 Å². The molecular weight excluding hydrogens is 202 g/mol. The molecule has 0 fully saturated rings. The lowest BCUT2D eigenvalue weighted by atomic mass is 10.3. The second kappa shape index (κ2) is 4.70. The van der Waals surface area contributed by atoms with Gasteiger partial charge in [0.25, 0.3) is 0 Å². The van der Waals surface area contributed by atoms with Gasteiger partial charge in [-0.1, -0.05) is 6.07 Å². The van der Waals surface area contributed by atoms with Crippen LogP contribution in [0.4, 0.5) is 5.69 Å². The zero-order valence-electron chi connectivity index (χ0n) is 9.45. The van der Waals surface area contributed by atoms with Crippen LogP contribution in [0.3, 0.4) is 0 Å². The van der Waals surface area contributed by atoms with E-state index in [0.717, 1.165) is 29.5 Å². The molecule has 0 aliphatic rings. The SMILES string of the molecule is COc1cccc(NCc2cnc(C)[nH]2)c1. The number of imidazole rings is 1. The Labute approximate surface area is 94.7 Å². The van der Waals surface area contributed by atoms with Crippen LogP contribution in [0.15, 0.2) is 30.5 Å². The minimum Gasteiger partial charge on any atom is -0.497 e. The molecule has 84 valence electrons. The van der Waals surface area contributed by atoms with Crippen molar-refractivity contribution in [3.05, 3.63) is 42.0 Å². The third-order valence-electron chi connectivity index (χ3n) is 2.31. The Bertz CT molecular complexity index is 465. The van der Waals surface area contributed by atoms with Gasteiger partial charge in [0.05, 0.1) is 25.5 Å². The molecule has 4 heteroatoms. The van der Waals surface area contributed by atoms with Crippen molar-refractivity contribution in [3.8, 4) is 5.75 Å². The summed E-state index contributed by atoms with van der Waals surface area (Å²) in [5, 5.41) is 3.30. The van der Waals surface area contributed by atoms with Crippen molar-refractivity contribution in [2.24, 2.45) is 0 Å². The number of methoxy groups -OCH3 is 1. The molecule has 2 aromatic rings. The van der Waals surface area contributed by atoms with E-state index in [4.69, 9.17) is 4.74 Å². The predicted octanol–water partition coefficient (Wildman–Crippen LogP) is 2.34. The van der Waals surface area contributed by atoms with Gasteiger partial charge in [0.1, 0.15) is 11.6 Å². The second-order valence-corrected chi connectivity index (χ2v) is 3.58. The lowest BCUT2D eigenvalue weighted by molar-refractivity contribution is 0.415. The molecule has 0 spiro atoms. The highest BCUT2D eigenvalue weighted by molar-refractivity contribution is 5.48. The third kappa shape index (κ3) is 2.53. The van der Waals surface area contributed by atoms with Crippen LogP contribution in [0.1, 0.15) is 11.5 Å². The Balaban J connectivity index is 1.99. The summed E-state index contributed by atoms with van der Waals surface area (Å²) in [4.78, 5) is 7.31. The van der Waals surface area contributed by atoms with Gasteiger partial charge in [0, 0.05) is 11.8 Å². The molecule has 2 rings (SSSR count). The number of hydrogen-bond donors (Lipinski definition) is 2. The van der Waals surface area contributed by atoms with E-state index in [2.05, 4.69) is 15.3 Å². The Morgan fingerprint density at radius 3 is 3.00 bits per heavy atom. The van der Waals surface area contributed by atoms with Gasteiger partial charge in [0.15, 0.2) is 0 Å². The standard InChI is InChI=1S/C12H15N3O/c1-9-13-7-11(15-9)8-14-10-4-3-5-12(6-10)16-2/h3-7,14H,8H2,1-2H3,(H,13,15). The van der Waals surface area contributed by atoms with Gasteiger partial charge in [0.2, 0.25) is 0 Å². The van der Waals surface area contributed by atoms with Crippen LogP contribution < -0.4 is 10.1 Å². The summed E-state index contributed by atoms with van der Waals surface area (Å²) >= 11 is 0. The number of aromatic nitrogens is 2. The van der Waals surface area contributed by atoms with Gasteiger partial charge >= 0.3 is 0 Å². The van der Waals surface area contributed by atoms with E-state index in [0.29, 0.717) is 0 Å². The molecule has 1 heterocycles. The van der Waals surface area contributed by atoms with E-state index in [1.165, 1.54) is 0 Å². The third-order valence-corrected chi connectivity index (χ3v) is 2.31. The molecule has 1 aromatic heterocycles. The molecular formula is C12H15N3O. The molecule has 0 unspecified atom stereocenters. The minimum atomic E-state index is 0.730. The highest BCUT2D eigenvalue weighted by Crippen LogP contribution is 2.17. The van der Waals surface area contributed by atoms with E-state index in [1.807, 2.05) is 37.4 Å². The number of rotatable bonds is 4. The highest BCUT2D eigenvalue weighted by atomic mass is 16.5. The molecule has 1 aromatic carbocycles. The van der Waals surface area contributed by atoms with Crippen molar-refractivity contribution >= 4 is 5.69 Å². The zero-order valence-corrected chi connectivity index (χ0v) is 9.45. The van der Waals surface area contributed by atoms with Gasteiger partial charge in [-0.25, -0.2) is 4.98 Å². The van der Waals surface area contributed by atoms with Crippen LogP contribution in [0.25, 0.3) is 0 Å². The summed E-state index contributed by atoms with van der Waals surface area (Å²) in [6.45, 7) is 2.67. The van der Waals surface area contributed by atoms with Gasteiger partial charge in [-0.15, -0.1) is 0 Å². The maximum atomic E-state index is 5.15. The summed E-state index contributed by atoms with van der Waals surface area (Å²) in [5.41, 5.74) is 2.10. The Morgan fingerprint density at radius 1 is 1.44 bits per heavy atom. The van der Waals surface area contributed by atoms with Crippen molar-refractivity contribution in [2.45, 2.75) is 13.5 Å². The number of benzene rings is 1. The smallest absolute Gasteiger partial charge is 0.120 e. The quantitative estimate of drug-likeness (QED) is 0.826. The topological polar surface area (TPSA) is 49.9 Å². The van der Waals surface area contributed by atoms with Gasteiger partial charge in [-0.2, -0.15) is 0 Å². The summed E-state index contributed by atoms with van der Waals surface area (Å²) in [5.74, 6) is 1.79. The fraction of sp³-hybridized carbons (Fsp3) is 0.250. The highest BCUT2D eigenvalue weighted by Gasteiger charge is 1.98. The number of aryl methyl sites for hydroxylation is 1. The van der Waals surface area contributed by atoms with Crippen molar-refractivity contribution in [2.75, 3.05) is 12.4 Å². The molecule has 4 nitrogen and oxygen atoms in total. The first kappa shape index (κ1) is 10.5. The predicted molar refractivity (Wildman–Crippen MR) is 63.6 cm³/mol. The van der Waals surface area contributed by atoms with Crippen LogP contribution in [-0.2, 0) is 6.54 Å². The average molecular weight is 217 g/mol. The molecule has 0 atom stereocenters. The summed E-state index contributed by atoms with van der Waals surface area (Å²) in [6, 6.07) is 7.85. The summed E-state index contributed by atoms with van der Waals surface area (Å²) in [7, 11) is 1.66. The Kier molecular flexibility index (Phi) is 3.10. The largest absolute Gasteiger partial charge is 0.497 e. The normalized spacial score (nSPS) is 10.1. The van der Waals surface area contributed by atoms with Crippen molar-refractivity contribution < 1.29 is 4.74 Å². The first-order valence-electron chi connectivity index (χ1n) is 5.16. The van der Waals surface area contributed by atoms with Crippen LogP contribution in [0, 0.1) is 6.92 Å². The lowest BCUT2D eigenvalue weighted by Crippen LogP contribution is -1.99. The molecule has 16 heavy (non-hydrogen) atoms. The zero-order chi connectivity index (χ0) is 11.4. The Morgan fingerprint density at radius 2 is 2.31 bits per heavy atom.